The smallest absolute Gasteiger partial charge is 0.226 e. The van der Waals surface area contributed by atoms with Crippen LogP contribution in [-0.2, 0) is 32.0 Å². The maximum atomic E-state index is 12.9. The number of benzene rings is 1. The minimum Gasteiger partial charge on any atom is -0.491 e. The summed E-state index contributed by atoms with van der Waals surface area (Å²) in [7, 11) is 0. The molecule has 0 spiro atoms. The first-order chi connectivity index (χ1) is 14.2. The number of aryl methyl sites for hydroxylation is 1. The molecular formula is C22H30N2O5. The van der Waals surface area contributed by atoms with Crippen LogP contribution in [0.15, 0.2) is 18.2 Å². The van der Waals surface area contributed by atoms with Crippen LogP contribution in [-0.4, -0.2) is 74.3 Å². The van der Waals surface area contributed by atoms with E-state index in [1.165, 1.54) is 0 Å². The van der Waals surface area contributed by atoms with Gasteiger partial charge in [0.1, 0.15) is 12.4 Å². The van der Waals surface area contributed by atoms with Crippen LogP contribution in [0.25, 0.3) is 0 Å². The summed E-state index contributed by atoms with van der Waals surface area (Å²) in [6, 6.07) is 6.10. The molecule has 7 nitrogen and oxygen atoms in total. The summed E-state index contributed by atoms with van der Waals surface area (Å²) in [5, 5.41) is 0. The second-order valence-corrected chi connectivity index (χ2v) is 7.93. The topological polar surface area (TPSA) is 68.3 Å². The number of hydrogen-bond acceptors (Lipinski definition) is 5. The van der Waals surface area contributed by atoms with Gasteiger partial charge in [-0.3, -0.25) is 9.59 Å². The van der Waals surface area contributed by atoms with Gasteiger partial charge in [-0.2, -0.15) is 0 Å². The van der Waals surface area contributed by atoms with Crippen molar-refractivity contribution in [2.75, 3.05) is 52.7 Å². The SMILES string of the molecule is O=C(CCc1ccc2c(c1)CN(C(=O)C1CCOCC1)CCO2)N1CCOCC1. The molecule has 7 heteroatoms. The number of carbonyl (C=O) groups excluding carboxylic acids is 2. The van der Waals surface area contributed by atoms with Crippen molar-refractivity contribution < 1.29 is 23.8 Å². The highest BCUT2D eigenvalue weighted by atomic mass is 16.5. The Morgan fingerprint density at radius 1 is 0.931 bits per heavy atom. The zero-order valence-corrected chi connectivity index (χ0v) is 16.9. The van der Waals surface area contributed by atoms with Crippen LogP contribution in [0, 0.1) is 5.92 Å². The second kappa shape index (κ2) is 9.59. The maximum Gasteiger partial charge on any atom is 0.226 e. The summed E-state index contributed by atoms with van der Waals surface area (Å²) >= 11 is 0. The molecule has 3 aliphatic rings. The van der Waals surface area contributed by atoms with Crippen molar-refractivity contribution in [3.05, 3.63) is 29.3 Å². The summed E-state index contributed by atoms with van der Waals surface area (Å²) < 4.78 is 16.6. The van der Waals surface area contributed by atoms with E-state index in [0.29, 0.717) is 72.1 Å². The van der Waals surface area contributed by atoms with Gasteiger partial charge in [-0.1, -0.05) is 12.1 Å². The molecule has 4 rings (SSSR count). The number of nitrogens with zero attached hydrogens (tertiary/aromatic N) is 2. The van der Waals surface area contributed by atoms with E-state index in [2.05, 4.69) is 6.07 Å². The number of ether oxygens (including phenoxy) is 3. The molecule has 2 fully saturated rings. The number of amides is 2. The second-order valence-electron chi connectivity index (χ2n) is 7.93. The molecule has 0 saturated carbocycles. The number of hydrogen-bond donors (Lipinski definition) is 0. The number of morpholine rings is 1. The van der Waals surface area contributed by atoms with Gasteiger partial charge >= 0.3 is 0 Å². The molecule has 0 atom stereocenters. The molecule has 0 N–H and O–H groups in total. The predicted molar refractivity (Wildman–Crippen MR) is 107 cm³/mol. The quantitative estimate of drug-likeness (QED) is 0.766. The van der Waals surface area contributed by atoms with Gasteiger partial charge in [0, 0.05) is 50.8 Å². The highest BCUT2D eigenvalue weighted by Crippen LogP contribution is 2.27. The molecular weight excluding hydrogens is 372 g/mol. The van der Waals surface area contributed by atoms with Crippen LogP contribution >= 0.6 is 0 Å². The van der Waals surface area contributed by atoms with Crippen LogP contribution in [0.5, 0.6) is 5.75 Å². The average molecular weight is 402 g/mol. The van der Waals surface area contributed by atoms with E-state index >= 15 is 0 Å². The lowest BCUT2D eigenvalue weighted by Crippen LogP contribution is -2.40. The lowest BCUT2D eigenvalue weighted by molar-refractivity contribution is -0.139. The molecule has 2 amide bonds. The fourth-order valence-corrected chi connectivity index (χ4v) is 4.22. The van der Waals surface area contributed by atoms with Crippen molar-refractivity contribution >= 4 is 11.8 Å². The van der Waals surface area contributed by atoms with Crippen molar-refractivity contribution in [3.63, 3.8) is 0 Å². The van der Waals surface area contributed by atoms with E-state index in [-0.39, 0.29) is 17.7 Å². The molecule has 158 valence electrons. The monoisotopic (exact) mass is 402 g/mol. The summed E-state index contributed by atoms with van der Waals surface area (Å²) in [4.78, 5) is 29.2. The van der Waals surface area contributed by atoms with Gasteiger partial charge in [0.25, 0.3) is 0 Å². The molecule has 0 bridgehead atoms. The van der Waals surface area contributed by atoms with Gasteiger partial charge in [0.2, 0.25) is 11.8 Å². The van der Waals surface area contributed by atoms with Crippen LogP contribution in [0.1, 0.15) is 30.4 Å². The average Bonchev–Trinajstić information content (AvgIpc) is 3.00. The molecule has 2 saturated heterocycles. The van der Waals surface area contributed by atoms with Crippen LogP contribution < -0.4 is 4.74 Å². The Morgan fingerprint density at radius 3 is 2.45 bits per heavy atom. The third-order valence-electron chi connectivity index (χ3n) is 5.98. The summed E-state index contributed by atoms with van der Waals surface area (Å²) in [5.74, 6) is 1.28. The minimum absolute atomic E-state index is 0.0552. The third-order valence-corrected chi connectivity index (χ3v) is 5.98. The molecule has 0 aliphatic carbocycles. The standard InChI is InChI=1S/C22H30N2O5/c25-21(23-7-12-28-13-8-23)4-2-17-1-3-20-19(15-17)16-24(9-14-29-20)22(26)18-5-10-27-11-6-18/h1,3,15,18H,2,4-14,16H2. The normalized spacial score (nSPS) is 20.6. The van der Waals surface area contributed by atoms with E-state index in [1.54, 1.807) is 0 Å². The fourth-order valence-electron chi connectivity index (χ4n) is 4.22. The Balaban J connectivity index is 1.38. The van der Waals surface area contributed by atoms with Crippen LogP contribution in [0.2, 0.25) is 0 Å². The van der Waals surface area contributed by atoms with Crippen molar-refractivity contribution in [2.24, 2.45) is 5.92 Å². The first-order valence-electron chi connectivity index (χ1n) is 10.7. The Morgan fingerprint density at radius 2 is 1.66 bits per heavy atom. The maximum absolute atomic E-state index is 12.9. The Kier molecular flexibility index (Phi) is 6.67. The Hall–Kier alpha value is -2.12. The van der Waals surface area contributed by atoms with Gasteiger partial charge in [-0.25, -0.2) is 0 Å². The Labute approximate surface area is 171 Å². The van der Waals surface area contributed by atoms with E-state index in [1.807, 2.05) is 21.9 Å². The van der Waals surface area contributed by atoms with Crippen LogP contribution in [0.3, 0.4) is 0 Å². The van der Waals surface area contributed by atoms with Crippen molar-refractivity contribution in [2.45, 2.75) is 32.2 Å². The minimum atomic E-state index is 0.0552. The largest absolute Gasteiger partial charge is 0.491 e. The molecule has 29 heavy (non-hydrogen) atoms. The van der Waals surface area contributed by atoms with E-state index in [9.17, 15) is 9.59 Å². The lowest BCUT2D eigenvalue weighted by Gasteiger charge is -2.28. The van der Waals surface area contributed by atoms with E-state index in [0.717, 1.165) is 29.7 Å². The summed E-state index contributed by atoms with van der Waals surface area (Å²) in [5.41, 5.74) is 2.13. The van der Waals surface area contributed by atoms with Gasteiger partial charge in [-0.15, -0.1) is 0 Å². The predicted octanol–water partition coefficient (Wildman–Crippen LogP) is 1.63. The molecule has 3 aliphatic heterocycles. The van der Waals surface area contributed by atoms with Gasteiger partial charge in [0.05, 0.1) is 19.8 Å². The molecule has 0 unspecified atom stereocenters. The Bertz CT molecular complexity index is 726. The van der Waals surface area contributed by atoms with Crippen molar-refractivity contribution in [1.29, 1.82) is 0 Å². The van der Waals surface area contributed by atoms with Crippen LogP contribution in [0.4, 0.5) is 0 Å². The molecule has 0 aromatic heterocycles. The number of rotatable bonds is 4. The summed E-state index contributed by atoms with van der Waals surface area (Å²) in [6.07, 6.45) is 2.78. The molecule has 1 aromatic carbocycles. The molecule has 3 heterocycles. The summed E-state index contributed by atoms with van der Waals surface area (Å²) in [6.45, 7) is 5.62. The zero-order chi connectivity index (χ0) is 20.1. The van der Waals surface area contributed by atoms with Gasteiger partial charge in [0.15, 0.2) is 0 Å². The van der Waals surface area contributed by atoms with Crippen molar-refractivity contribution in [1.82, 2.24) is 9.80 Å². The zero-order valence-electron chi connectivity index (χ0n) is 16.9. The fraction of sp³-hybridized carbons (Fsp3) is 0.636. The third kappa shape index (κ3) is 5.08. The first-order valence-corrected chi connectivity index (χ1v) is 10.7. The molecule has 1 aromatic rings. The highest BCUT2D eigenvalue weighted by Gasteiger charge is 2.28. The highest BCUT2D eigenvalue weighted by molar-refractivity contribution is 5.79. The van der Waals surface area contributed by atoms with Gasteiger partial charge < -0.3 is 24.0 Å². The van der Waals surface area contributed by atoms with E-state index < -0.39 is 0 Å². The van der Waals surface area contributed by atoms with Gasteiger partial charge in [-0.05, 0) is 30.9 Å². The van der Waals surface area contributed by atoms with E-state index in [4.69, 9.17) is 14.2 Å². The molecule has 0 radical (unpaired) electrons. The first kappa shape index (κ1) is 20.2. The number of fused-ring (bicyclic) bond motifs is 1. The van der Waals surface area contributed by atoms with Crippen molar-refractivity contribution in [3.8, 4) is 5.75 Å². The lowest BCUT2D eigenvalue weighted by atomic mass is 9.98. The number of carbonyl (C=O) groups is 2.